The number of aromatic nitrogens is 2. The lowest BCUT2D eigenvalue weighted by Gasteiger charge is -2.13. The lowest BCUT2D eigenvalue weighted by atomic mass is 10.2. The van der Waals surface area contributed by atoms with Crippen LogP contribution in [0.4, 0.5) is 10.1 Å². The Labute approximate surface area is 176 Å². The number of fused-ring (bicyclic) bond motifs is 1. The van der Waals surface area contributed by atoms with Crippen LogP contribution in [0.3, 0.4) is 0 Å². The molecule has 0 atom stereocenters. The standard InChI is InChI=1S/C20H19ClFN3O3S/c1-12-3-5-14(10-16(12)22)23-18(26)11-29-20-24-17-9-13(21)4-6-15(17)19(27)25(20)7-8-28-2/h3-6,9-10H,7-8,11H2,1-2H3,(H,23,26). The number of methoxy groups -OCH3 is 1. The number of nitrogens with one attached hydrogen (secondary N) is 1. The summed E-state index contributed by atoms with van der Waals surface area (Å²) in [5.74, 6) is -0.727. The number of nitrogens with zero attached hydrogens (tertiary/aromatic N) is 2. The molecule has 0 bridgehead atoms. The molecule has 152 valence electrons. The Bertz CT molecular complexity index is 1120. The second-order valence-electron chi connectivity index (χ2n) is 6.31. The number of thioether (sulfide) groups is 1. The van der Waals surface area contributed by atoms with Crippen molar-refractivity contribution >= 4 is 45.9 Å². The maximum Gasteiger partial charge on any atom is 0.262 e. The summed E-state index contributed by atoms with van der Waals surface area (Å²) in [5.41, 5.74) is 1.10. The second kappa shape index (κ2) is 9.39. The summed E-state index contributed by atoms with van der Waals surface area (Å²) in [6.07, 6.45) is 0. The van der Waals surface area contributed by atoms with E-state index >= 15 is 0 Å². The third-order valence-corrected chi connectivity index (χ3v) is 5.40. The van der Waals surface area contributed by atoms with E-state index in [0.29, 0.717) is 45.5 Å². The zero-order chi connectivity index (χ0) is 21.0. The maximum absolute atomic E-state index is 13.6. The lowest BCUT2D eigenvalue weighted by molar-refractivity contribution is -0.113. The van der Waals surface area contributed by atoms with E-state index < -0.39 is 5.82 Å². The molecule has 29 heavy (non-hydrogen) atoms. The Hall–Kier alpha value is -2.42. The molecule has 6 nitrogen and oxygen atoms in total. The highest BCUT2D eigenvalue weighted by atomic mass is 35.5. The third-order valence-electron chi connectivity index (χ3n) is 4.19. The number of anilines is 1. The quantitative estimate of drug-likeness (QED) is 0.450. The van der Waals surface area contributed by atoms with Crippen LogP contribution in [0.5, 0.6) is 0 Å². The first-order chi connectivity index (χ1) is 13.9. The van der Waals surface area contributed by atoms with Gasteiger partial charge in [-0.3, -0.25) is 14.2 Å². The maximum atomic E-state index is 13.6. The first-order valence-corrected chi connectivity index (χ1v) is 10.1. The van der Waals surface area contributed by atoms with Crippen LogP contribution >= 0.6 is 23.4 Å². The van der Waals surface area contributed by atoms with E-state index in [1.165, 1.54) is 10.6 Å². The summed E-state index contributed by atoms with van der Waals surface area (Å²) in [4.78, 5) is 29.6. The fraction of sp³-hybridized carbons (Fsp3) is 0.250. The minimum absolute atomic E-state index is 0.000982. The van der Waals surface area contributed by atoms with Gasteiger partial charge in [0.1, 0.15) is 5.82 Å². The molecule has 9 heteroatoms. The molecule has 0 saturated carbocycles. The second-order valence-corrected chi connectivity index (χ2v) is 7.69. The van der Waals surface area contributed by atoms with Crippen LogP contribution in [0, 0.1) is 12.7 Å². The van der Waals surface area contributed by atoms with Gasteiger partial charge in [-0.05, 0) is 42.8 Å². The predicted octanol–water partition coefficient (Wildman–Crippen LogP) is 3.87. The average molecular weight is 436 g/mol. The Balaban J connectivity index is 1.82. The average Bonchev–Trinajstić information content (AvgIpc) is 2.68. The molecule has 1 amide bonds. The van der Waals surface area contributed by atoms with Crippen LogP contribution in [-0.2, 0) is 16.1 Å². The highest BCUT2D eigenvalue weighted by Gasteiger charge is 2.14. The number of benzene rings is 2. The van der Waals surface area contributed by atoms with Gasteiger partial charge in [0.15, 0.2) is 5.16 Å². The molecular weight excluding hydrogens is 417 g/mol. The van der Waals surface area contributed by atoms with E-state index in [1.54, 1.807) is 44.4 Å². The molecule has 0 aliphatic carbocycles. The molecule has 1 aromatic heterocycles. The zero-order valence-electron chi connectivity index (χ0n) is 15.9. The highest BCUT2D eigenvalue weighted by Crippen LogP contribution is 2.21. The van der Waals surface area contributed by atoms with E-state index in [-0.39, 0.29) is 17.2 Å². The normalized spacial score (nSPS) is 11.0. The van der Waals surface area contributed by atoms with Crippen molar-refractivity contribution < 1.29 is 13.9 Å². The molecule has 0 fully saturated rings. The molecule has 0 radical (unpaired) electrons. The van der Waals surface area contributed by atoms with Crippen molar-refractivity contribution in [3.8, 4) is 0 Å². The lowest BCUT2D eigenvalue weighted by Crippen LogP contribution is -2.26. The molecule has 0 saturated heterocycles. The Morgan fingerprint density at radius 2 is 2.10 bits per heavy atom. The van der Waals surface area contributed by atoms with Gasteiger partial charge in [0.25, 0.3) is 5.56 Å². The highest BCUT2D eigenvalue weighted by molar-refractivity contribution is 7.99. The van der Waals surface area contributed by atoms with Crippen LogP contribution in [0.2, 0.25) is 5.02 Å². The van der Waals surface area contributed by atoms with Crippen LogP contribution < -0.4 is 10.9 Å². The topological polar surface area (TPSA) is 73.2 Å². The Morgan fingerprint density at radius 3 is 2.83 bits per heavy atom. The number of hydrogen-bond acceptors (Lipinski definition) is 5. The third kappa shape index (κ3) is 5.14. The van der Waals surface area contributed by atoms with Crippen molar-refractivity contribution in [2.24, 2.45) is 0 Å². The molecule has 3 aromatic rings. The van der Waals surface area contributed by atoms with Gasteiger partial charge in [0.05, 0.1) is 29.8 Å². The number of aryl methyl sites for hydroxylation is 1. The summed E-state index contributed by atoms with van der Waals surface area (Å²) in [6, 6.07) is 9.36. The van der Waals surface area contributed by atoms with Gasteiger partial charge in [-0.25, -0.2) is 9.37 Å². The molecule has 1 heterocycles. The fourth-order valence-corrected chi connectivity index (χ4v) is 3.65. The van der Waals surface area contributed by atoms with E-state index in [1.807, 2.05) is 0 Å². The monoisotopic (exact) mass is 435 g/mol. The van der Waals surface area contributed by atoms with E-state index in [4.69, 9.17) is 16.3 Å². The molecule has 0 spiro atoms. The van der Waals surface area contributed by atoms with E-state index in [2.05, 4.69) is 10.3 Å². The van der Waals surface area contributed by atoms with Gasteiger partial charge in [-0.1, -0.05) is 29.4 Å². The van der Waals surface area contributed by atoms with Gasteiger partial charge >= 0.3 is 0 Å². The van der Waals surface area contributed by atoms with Crippen molar-refractivity contribution in [3.63, 3.8) is 0 Å². The first-order valence-electron chi connectivity index (χ1n) is 8.77. The number of carbonyl (C=O) groups is 1. The zero-order valence-corrected chi connectivity index (χ0v) is 17.4. The molecule has 0 aliphatic heterocycles. The van der Waals surface area contributed by atoms with E-state index in [9.17, 15) is 14.0 Å². The van der Waals surface area contributed by atoms with Crippen LogP contribution in [0.25, 0.3) is 10.9 Å². The van der Waals surface area contributed by atoms with Gasteiger partial charge in [-0.2, -0.15) is 0 Å². The fourth-order valence-electron chi connectivity index (χ4n) is 2.66. The van der Waals surface area contributed by atoms with Gasteiger partial charge in [0.2, 0.25) is 5.91 Å². The van der Waals surface area contributed by atoms with Crippen LogP contribution in [0.15, 0.2) is 46.3 Å². The number of rotatable bonds is 7. The predicted molar refractivity (Wildman–Crippen MR) is 113 cm³/mol. The number of halogens is 2. The molecule has 0 aliphatic rings. The smallest absolute Gasteiger partial charge is 0.262 e. The minimum Gasteiger partial charge on any atom is -0.383 e. The molecule has 1 N–H and O–H groups in total. The van der Waals surface area contributed by atoms with Crippen LogP contribution in [-0.4, -0.2) is 34.9 Å². The van der Waals surface area contributed by atoms with Crippen LogP contribution in [0.1, 0.15) is 5.56 Å². The summed E-state index contributed by atoms with van der Waals surface area (Å²) < 4.78 is 20.2. The molecule has 3 rings (SSSR count). The minimum atomic E-state index is -0.392. The summed E-state index contributed by atoms with van der Waals surface area (Å²) in [6.45, 7) is 2.27. The van der Waals surface area contributed by atoms with Gasteiger partial charge < -0.3 is 10.1 Å². The number of ether oxygens (including phenoxy) is 1. The Kier molecular flexibility index (Phi) is 6.89. The first kappa shape index (κ1) is 21.3. The summed E-state index contributed by atoms with van der Waals surface area (Å²) >= 11 is 7.13. The van der Waals surface area contributed by atoms with Crippen molar-refractivity contribution in [1.29, 1.82) is 0 Å². The number of carbonyl (C=O) groups excluding carboxylic acids is 1. The van der Waals surface area contributed by atoms with Crippen molar-refractivity contribution in [2.75, 3.05) is 24.8 Å². The molecule has 2 aromatic carbocycles. The van der Waals surface area contributed by atoms with Crippen molar-refractivity contribution in [3.05, 3.63) is 63.2 Å². The summed E-state index contributed by atoms with van der Waals surface area (Å²) in [5, 5.41) is 3.93. The van der Waals surface area contributed by atoms with Crippen molar-refractivity contribution in [2.45, 2.75) is 18.6 Å². The van der Waals surface area contributed by atoms with Crippen molar-refractivity contribution in [1.82, 2.24) is 9.55 Å². The molecule has 0 unspecified atom stereocenters. The number of hydrogen-bond donors (Lipinski definition) is 1. The largest absolute Gasteiger partial charge is 0.383 e. The number of amides is 1. The SMILES string of the molecule is COCCn1c(SCC(=O)Nc2ccc(C)c(F)c2)nc2cc(Cl)ccc2c1=O. The van der Waals surface area contributed by atoms with Gasteiger partial charge in [-0.15, -0.1) is 0 Å². The van der Waals surface area contributed by atoms with E-state index in [0.717, 1.165) is 11.8 Å². The Morgan fingerprint density at radius 1 is 1.31 bits per heavy atom. The van der Waals surface area contributed by atoms with Gasteiger partial charge in [0, 0.05) is 17.8 Å². The molecular formula is C20H19ClFN3O3S. The summed E-state index contributed by atoms with van der Waals surface area (Å²) in [7, 11) is 1.54.